The lowest BCUT2D eigenvalue weighted by Crippen LogP contribution is -2.39. The van der Waals surface area contributed by atoms with Crippen LogP contribution in [0.2, 0.25) is 0 Å². The lowest BCUT2D eigenvalue weighted by Gasteiger charge is -2.10. The second-order valence-electron chi connectivity index (χ2n) is 3.64. The van der Waals surface area contributed by atoms with E-state index in [1.807, 2.05) is 13.8 Å². The quantitative estimate of drug-likeness (QED) is 0.568. The van der Waals surface area contributed by atoms with Gasteiger partial charge in [0, 0.05) is 12.1 Å². The van der Waals surface area contributed by atoms with Crippen molar-refractivity contribution in [1.82, 2.24) is 4.58 Å². The lowest BCUT2D eigenvalue weighted by atomic mass is 10.3. The first-order valence-electron chi connectivity index (χ1n) is 5.00. The molecule has 0 amide bonds. The maximum Gasteiger partial charge on any atom is 0.206 e. The first-order valence-corrected chi connectivity index (χ1v) is 5.00. The molecule has 0 aliphatic carbocycles. The predicted molar refractivity (Wildman–Crippen MR) is 54.0 cm³/mol. The molecule has 2 rings (SSSR count). The van der Waals surface area contributed by atoms with Crippen LogP contribution in [0.4, 0.5) is 0 Å². The molecule has 1 saturated heterocycles. The van der Waals surface area contributed by atoms with E-state index in [1.165, 1.54) is 5.36 Å². The van der Waals surface area contributed by atoms with E-state index in [1.54, 1.807) is 0 Å². The van der Waals surface area contributed by atoms with Crippen molar-refractivity contribution in [1.29, 1.82) is 0 Å². The van der Waals surface area contributed by atoms with Crippen molar-refractivity contribution in [2.75, 3.05) is 26.3 Å². The van der Waals surface area contributed by atoms with Gasteiger partial charge in [-0.05, 0) is 13.8 Å². The van der Waals surface area contributed by atoms with Crippen molar-refractivity contribution >= 4 is 0 Å². The summed E-state index contributed by atoms with van der Waals surface area (Å²) >= 11 is 0. The minimum atomic E-state index is 0.824. The van der Waals surface area contributed by atoms with Gasteiger partial charge in [-0.1, -0.05) is 0 Å². The van der Waals surface area contributed by atoms with Crippen molar-refractivity contribution in [2.24, 2.45) is 0 Å². The van der Waals surface area contributed by atoms with Crippen LogP contribution >= 0.6 is 0 Å². The normalized spacial score (nSPS) is 17.1. The zero-order valence-electron chi connectivity index (χ0n) is 8.75. The predicted octanol–water partition coefficient (Wildman–Crippen LogP) is 0.699. The van der Waals surface area contributed by atoms with E-state index < -0.39 is 0 Å². The van der Waals surface area contributed by atoms with Gasteiger partial charge in [-0.15, -0.1) is 0 Å². The largest absolute Gasteiger partial charge is 0.466 e. The summed E-state index contributed by atoms with van der Waals surface area (Å²) in [6.07, 6.45) is 0. The molecule has 3 heteroatoms. The number of aryl methyl sites for hydroxylation is 2. The maximum atomic E-state index is 5.45. The van der Waals surface area contributed by atoms with Crippen LogP contribution in [0.1, 0.15) is 11.5 Å². The zero-order valence-corrected chi connectivity index (χ0v) is 8.75. The summed E-state index contributed by atoms with van der Waals surface area (Å²) < 4.78 is 13.1. The number of nitrogens with zero attached hydrogens (tertiary/aromatic N) is 1. The average Bonchev–Trinajstić information content (AvgIpc) is 2.18. The number of rotatable bonds is 0. The Labute approximate surface area is 83.6 Å². The second-order valence-corrected chi connectivity index (χ2v) is 3.64. The summed E-state index contributed by atoms with van der Waals surface area (Å²) in [7, 11) is 0. The minimum Gasteiger partial charge on any atom is -0.466 e. The van der Waals surface area contributed by atoms with Crippen LogP contribution in [-0.4, -0.2) is 26.3 Å². The summed E-state index contributed by atoms with van der Waals surface area (Å²) in [5.41, 5.74) is 0. The van der Waals surface area contributed by atoms with Gasteiger partial charge in [-0.2, -0.15) is 0 Å². The van der Waals surface area contributed by atoms with E-state index in [0.717, 1.165) is 37.8 Å². The summed E-state index contributed by atoms with van der Waals surface area (Å²) in [5, 5.41) is 1.24. The first kappa shape index (κ1) is 9.46. The fourth-order valence-corrected chi connectivity index (χ4v) is 1.78. The van der Waals surface area contributed by atoms with Crippen molar-refractivity contribution in [3.8, 4) is 0 Å². The van der Waals surface area contributed by atoms with Gasteiger partial charge in [0.1, 0.15) is 24.7 Å². The van der Waals surface area contributed by atoms with Crippen molar-refractivity contribution in [2.45, 2.75) is 13.8 Å². The molecule has 1 fully saturated rings. The highest BCUT2D eigenvalue weighted by atomic mass is 16.5. The van der Waals surface area contributed by atoms with Crippen molar-refractivity contribution in [3.63, 3.8) is 0 Å². The molecule has 0 atom stereocenters. The Morgan fingerprint density at radius 1 is 1.07 bits per heavy atom. The molecule has 3 nitrogen and oxygen atoms in total. The Balaban J connectivity index is 2.46. The number of morpholine rings is 1. The van der Waals surface area contributed by atoms with Crippen LogP contribution in [0.3, 0.4) is 0 Å². The van der Waals surface area contributed by atoms with Gasteiger partial charge in [0.2, 0.25) is 5.36 Å². The fraction of sp³-hybridized carbons (Fsp3) is 0.545. The molecule has 0 N–H and O–H groups in total. The molecular formula is C11H16NO2+. The van der Waals surface area contributed by atoms with Crippen LogP contribution in [0.15, 0.2) is 16.5 Å². The Bertz CT molecular complexity index is 361. The second kappa shape index (κ2) is 3.96. The molecule has 2 heterocycles. The lowest BCUT2D eigenvalue weighted by molar-refractivity contribution is 0.0964. The Morgan fingerprint density at radius 3 is 2.21 bits per heavy atom. The van der Waals surface area contributed by atoms with E-state index in [-0.39, 0.29) is 0 Å². The van der Waals surface area contributed by atoms with Crippen molar-refractivity contribution < 1.29 is 9.15 Å². The summed E-state index contributed by atoms with van der Waals surface area (Å²) in [5.74, 6) is 1.93. The highest BCUT2D eigenvalue weighted by Gasteiger charge is 2.12. The third kappa shape index (κ3) is 2.04. The summed E-state index contributed by atoms with van der Waals surface area (Å²) in [6, 6.07) is 4.16. The van der Waals surface area contributed by atoms with E-state index in [9.17, 15) is 0 Å². The fourth-order valence-electron chi connectivity index (χ4n) is 1.78. The third-order valence-electron chi connectivity index (χ3n) is 2.40. The molecule has 0 radical (unpaired) electrons. The van der Waals surface area contributed by atoms with E-state index in [4.69, 9.17) is 9.15 Å². The number of hydrogen-bond donors (Lipinski definition) is 0. The molecule has 0 spiro atoms. The maximum absolute atomic E-state index is 5.45. The molecule has 76 valence electrons. The smallest absolute Gasteiger partial charge is 0.206 e. The van der Waals surface area contributed by atoms with Crippen molar-refractivity contribution in [3.05, 3.63) is 29.0 Å². The van der Waals surface area contributed by atoms with Gasteiger partial charge in [0.15, 0.2) is 13.1 Å². The summed E-state index contributed by atoms with van der Waals surface area (Å²) in [4.78, 5) is 0. The highest BCUT2D eigenvalue weighted by Crippen LogP contribution is 1.97. The average molecular weight is 194 g/mol. The molecule has 0 saturated carbocycles. The van der Waals surface area contributed by atoms with Gasteiger partial charge in [0.25, 0.3) is 0 Å². The Hall–Kier alpha value is -1.09. The minimum absolute atomic E-state index is 0.824. The zero-order chi connectivity index (χ0) is 9.97. The molecule has 14 heavy (non-hydrogen) atoms. The topological polar surface area (TPSA) is 25.4 Å². The molecule has 1 aliphatic rings. The number of hydrogen-bond acceptors (Lipinski definition) is 2. The molecular weight excluding hydrogens is 178 g/mol. The molecule has 1 aromatic heterocycles. The van der Waals surface area contributed by atoms with Crippen LogP contribution in [0, 0.1) is 13.8 Å². The SMILES string of the molecule is Cc1cc(=[N+]2CCOCC2)cc(C)o1. The molecule has 1 aromatic rings. The Morgan fingerprint density at radius 2 is 1.64 bits per heavy atom. The van der Waals surface area contributed by atoms with Gasteiger partial charge >= 0.3 is 0 Å². The molecule has 0 bridgehead atoms. The van der Waals surface area contributed by atoms with Crippen LogP contribution in [-0.2, 0) is 4.74 Å². The van der Waals surface area contributed by atoms with Gasteiger partial charge in [-0.3, -0.25) is 0 Å². The van der Waals surface area contributed by atoms with Crippen LogP contribution in [0.25, 0.3) is 0 Å². The number of ether oxygens (including phenoxy) is 1. The van der Waals surface area contributed by atoms with Gasteiger partial charge < -0.3 is 9.15 Å². The van der Waals surface area contributed by atoms with E-state index in [2.05, 4.69) is 16.7 Å². The third-order valence-corrected chi connectivity index (χ3v) is 2.40. The van der Waals surface area contributed by atoms with E-state index >= 15 is 0 Å². The van der Waals surface area contributed by atoms with Gasteiger partial charge in [-0.25, -0.2) is 4.58 Å². The molecule has 0 unspecified atom stereocenters. The first-order chi connectivity index (χ1) is 6.75. The van der Waals surface area contributed by atoms with Gasteiger partial charge in [0.05, 0.1) is 0 Å². The van der Waals surface area contributed by atoms with E-state index in [0.29, 0.717) is 0 Å². The monoisotopic (exact) mass is 194 g/mol. The standard InChI is InChI=1S/C11H16NO2/c1-9-7-11(8-10(2)14-9)12-3-5-13-6-4-12/h7-8H,3-6H2,1-2H3/q+1. The molecule has 0 aromatic carbocycles. The summed E-state index contributed by atoms with van der Waals surface area (Å²) in [6.45, 7) is 7.56. The molecule has 1 aliphatic heterocycles. The van der Waals surface area contributed by atoms with Crippen LogP contribution in [0.5, 0.6) is 0 Å². The highest BCUT2D eigenvalue weighted by molar-refractivity contribution is 5.03. The Kier molecular flexibility index (Phi) is 2.68. The van der Waals surface area contributed by atoms with Crippen LogP contribution < -0.4 is 9.93 Å².